The van der Waals surface area contributed by atoms with E-state index in [0.717, 1.165) is 12.8 Å². The molecule has 0 radical (unpaired) electrons. The molecule has 6 heteroatoms. The highest BCUT2D eigenvalue weighted by molar-refractivity contribution is 5.84. The van der Waals surface area contributed by atoms with Crippen molar-refractivity contribution in [1.82, 2.24) is 10.2 Å². The van der Waals surface area contributed by atoms with Gasteiger partial charge in [-0.1, -0.05) is 0 Å². The van der Waals surface area contributed by atoms with E-state index in [1.165, 1.54) is 6.92 Å². The van der Waals surface area contributed by atoms with Crippen LogP contribution in [-0.2, 0) is 14.4 Å². The van der Waals surface area contributed by atoms with E-state index in [1.807, 2.05) is 0 Å². The van der Waals surface area contributed by atoms with E-state index in [9.17, 15) is 14.4 Å². The fraction of sp³-hybridized carbons (Fsp3) is 0.700. The number of nitrogens with zero attached hydrogens (tertiary/aromatic N) is 1. The van der Waals surface area contributed by atoms with E-state index in [1.54, 1.807) is 4.90 Å². The lowest BCUT2D eigenvalue weighted by atomic mass is 9.97. The SMILES string of the molecule is CC(=O)NCC(=O)N1CCC[C@@H](C(N)=O)C1. The molecule has 1 fully saturated rings. The number of carbonyl (C=O) groups excluding carboxylic acids is 3. The molecule has 1 aliphatic heterocycles. The topological polar surface area (TPSA) is 92.5 Å². The third kappa shape index (κ3) is 3.52. The molecule has 1 rings (SSSR count). The summed E-state index contributed by atoms with van der Waals surface area (Å²) >= 11 is 0. The minimum atomic E-state index is -0.364. The fourth-order valence-corrected chi connectivity index (χ4v) is 1.75. The number of hydrogen-bond donors (Lipinski definition) is 2. The summed E-state index contributed by atoms with van der Waals surface area (Å²) in [7, 11) is 0. The van der Waals surface area contributed by atoms with Crippen LogP contribution in [0.4, 0.5) is 0 Å². The molecule has 16 heavy (non-hydrogen) atoms. The Bertz CT molecular complexity index is 304. The molecule has 0 aliphatic carbocycles. The molecule has 0 unspecified atom stereocenters. The van der Waals surface area contributed by atoms with Crippen molar-refractivity contribution in [1.29, 1.82) is 0 Å². The van der Waals surface area contributed by atoms with Crippen molar-refractivity contribution in [3.05, 3.63) is 0 Å². The van der Waals surface area contributed by atoms with Gasteiger partial charge in [0.25, 0.3) is 0 Å². The van der Waals surface area contributed by atoms with Crippen LogP contribution in [0.5, 0.6) is 0 Å². The third-order valence-electron chi connectivity index (χ3n) is 2.67. The van der Waals surface area contributed by atoms with Crippen molar-refractivity contribution in [3.63, 3.8) is 0 Å². The van der Waals surface area contributed by atoms with Gasteiger partial charge in [0.05, 0.1) is 12.5 Å². The Morgan fingerprint density at radius 1 is 1.44 bits per heavy atom. The zero-order chi connectivity index (χ0) is 12.1. The van der Waals surface area contributed by atoms with Crippen LogP contribution < -0.4 is 11.1 Å². The van der Waals surface area contributed by atoms with Gasteiger partial charge in [-0.05, 0) is 12.8 Å². The molecular formula is C10H17N3O3. The largest absolute Gasteiger partial charge is 0.369 e. The molecule has 0 aromatic carbocycles. The van der Waals surface area contributed by atoms with Gasteiger partial charge in [-0.3, -0.25) is 14.4 Å². The average Bonchev–Trinajstić information content (AvgIpc) is 2.26. The zero-order valence-corrected chi connectivity index (χ0v) is 9.36. The van der Waals surface area contributed by atoms with Gasteiger partial charge in [0, 0.05) is 20.0 Å². The Balaban J connectivity index is 2.43. The molecule has 0 saturated carbocycles. The first kappa shape index (κ1) is 12.5. The molecule has 3 N–H and O–H groups in total. The minimum Gasteiger partial charge on any atom is -0.369 e. The van der Waals surface area contributed by atoms with E-state index < -0.39 is 0 Å². The maximum Gasteiger partial charge on any atom is 0.241 e. The number of primary amides is 1. The molecule has 1 aliphatic rings. The van der Waals surface area contributed by atoms with Crippen LogP contribution in [0.25, 0.3) is 0 Å². The molecule has 1 heterocycles. The van der Waals surface area contributed by atoms with Crippen molar-refractivity contribution in [2.75, 3.05) is 19.6 Å². The molecular weight excluding hydrogens is 210 g/mol. The Morgan fingerprint density at radius 3 is 2.69 bits per heavy atom. The van der Waals surface area contributed by atoms with Crippen LogP contribution in [0.15, 0.2) is 0 Å². The standard InChI is InChI=1S/C10H17N3O3/c1-7(14)12-5-9(15)13-4-2-3-8(6-13)10(11)16/h8H,2-6H2,1H3,(H2,11,16)(H,12,14)/t8-/m1/s1. The summed E-state index contributed by atoms with van der Waals surface area (Å²) < 4.78 is 0. The number of likely N-dealkylation sites (tertiary alicyclic amines) is 1. The van der Waals surface area contributed by atoms with Gasteiger partial charge >= 0.3 is 0 Å². The molecule has 3 amide bonds. The average molecular weight is 227 g/mol. The molecule has 1 saturated heterocycles. The van der Waals surface area contributed by atoms with Crippen LogP contribution in [0.3, 0.4) is 0 Å². The maximum atomic E-state index is 11.6. The van der Waals surface area contributed by atoms with Crippen molar-refractivity contribution >= 4 is 17.7 Å². The van der Waals surface area contributed by atoms with Crippen molar-refractivity contribution < 1.29 is 14.4 Å². The monoisotopic (exact) mass is 227 g/mol. The quantitative estimate of drug-likeness (QED) is 0.637. The number of nitrogens with two attached hydrogens (primary N) is 1. The number of rotatable bonds is 3. The first-order chi connectivity index (χ1) is 7.50. The van der Waals surface area contributed by atoms with Crippen molar-refractivity contribution in [2.24, 2.45) is 11.7 Å². The molecule has 0 spiro atoms. The van der Waals surface area contributed by atoms with Gasteiger partial charge in [0.1, 0.15) is 0 Å². The van der Waals surface area contributed by atoms with E-state index in [-0.39, 0.29) is 30.2 Å². The normalized spacial score (nSPS) is 20.3. The summed E-state index contributed by atoms with van der Waals surface area (Å²) in [6.45, 7) is 2.34. The van der Waals surface area contributed by atoms with Crippen LogP contribution in [0, 0.1) is 5.92 Å². The van der Waals surface area contributed by atoms with Crippen LogP contribution >= 0.6 is 0 Å². The Morgan fingerprint density at radius 2 is 2.12 bits per heavy atom. The summed E-state index contributed by atoms with van der Waals surface area (Å²) in [5.74, 6) is -1.02. The third-order valence-corrected chi connectivity index (χ3v) is 2.67. The van der Waals surface area contributed by atoms with E-state index >= 15 is 0 Å². The number of amides is 3. The summed E-state index contributed by atoms with van der Waals surface area (Å²) in [5.41, 5.74) is 5.21. The predicted molar refractivity (Wildman–Crippen MR) is 57.2 cm³/mol. The molecule has 6 nitrogen and oxygen atoms in total. The highest BCUT2D eigenvalue weighted by Gasteiger charge is 2.26. The van der Waals surface area contributed by atoms with Crippen LogP contribution in [0.2, 0.25) is 0 Å². The first-order valence-electron chi connectivity index (χ1n) is 5.32. The first-order valence-corrected chi connectivity index (χ1v) is 5.32. The highest BCUT2D eigenvalue weighted by Crippen LogP contribution is 2.15. The summed E-state index contributed by atoms with van der Waals surface area (Å²) in [6, 6.07) is 0. The second kappa shape index (κ2) is 5.48. The predicted octanol–water partition coefficient (Wildman–Crippen LogP) is -1.15. The van der Waals surface area contributed by atoms with E-state index in [2.05, 4.69) is 5.32 Å². The Kier molecular flexibility index (Phi) is 4.28. The van der Waals surface area contributed by atoms with Crippen LogP contribution in [0.1, 0.15) is 19.8 Å². The number of nitrogens with one attached hydrogen (secondary N) is 1. The van der Waals surface area contributed by atoms with Crippen LogP contribution in [-0.4, -0.2) is 42.3 Å². The summed E-state index contributed by atoms with van der Waals surface area (Å²) in [6.07, 6.45) is 1.51. The minimum absolute atomic E-state index is 0.0131. The molecule has 0 aromatic heterocycles. The maximum absolute atomic E-state index is 11.6. The lowest BCUT2D eigenvalue weighted by Crippen LogP contribution is -2.47. The number of piperidine rings is 1. The van der Waals surface area contributed by atoms with Gasteiger partial charge in [0.15, 0.2) is 0 Å². The second-order valence-corrected chi connectivity index (χ2v) is 3.99. The molecule has 0 aromatic rings. The van der Waals surface area contributed by atoms with Gasteiger partial charge < -0.3 is 16.0 Å². The fourth-order valence-electron chi connectivity index (χ4n) is 1.75. The lowest BCUT2D eigenvalue weighted by Gasteiger charge is -2.31. The van der Waals surface area contributed by atoms with Gasteiger partial charge in [-0.25, -0.2) is 0 Å². The van der Waals surface area contributed by atoms with Crippen molar-refractivity contribution in [3.8, 4) is 0 Å². The Hall–Kier alpha value is -1.59. The summed E-state index contributed by atoms with van der Waals surface area (Å²) in [4.78, 5) is 34.9. The molecule has 0 bridgehead atoms. The number of hydrogen-bond acceptors (Lipinski definition) is 3. The van der Waals surface area contributed by atoms with Gasteiger partial charge in [0.2, 0.25) is 17.7 Å². The molecule has 90 valence electrons. The Labute approximate surface area is 94.2 Å². The van der Waals surface area contributed by atoms with Crippen molar-refractivity contribution in [2.45, 2.75) is 19.8 Å². The summed E-state index contributed by atoms with van der Waals surface area (Å²) in [5, 5.41) is 2.44. The highest BCUT2D eigenvalue weighted by atomic mass is 16.2. The molecule has 1 atom stereocenters. The van der Waals surface area contributed by atoms with Gasteiger partial charge in [-0.2, -0.15) is 0 Å². The lowest BCUT2D eigenvalue weighted by molar-refractivity contribution is -0.135. The van der Waals surface area contributed by atoms with E-state index in [4.69, 9.17) is 5.73 Å². The second-order valence-electron chi connectivity index (χ2n) is 3.99. The number of carbonyl (C=O) groups is 3. The van der Waals surface area contributed by atoms with E-state index in [0.29, 0.717) is 13.1 Å². The zero-order valence-electron chi connectivity index (χ0n) is 9.36. The van der Waals surface area contributed by atoms with Gasteiger partial charge in [-0.15, -0.1) is 0 Å². The smallest absolute Gasteiger partial charge is 0.241 e.